The maximum absolute atomic E-state index is 5.45. The Bertz CT molecular complexity index is 3450. The van der Waals surface area contributed by atoms with Crippen LogP contribution in [-0.2, 0) is 5.41 Å². The number of hydrogen-bond donors (Lipinski definition) is 0. The van der Waals surface area contributed by atoms with Crippen LogP contribution in [0.2, 0.25) is 0 Å². The van der Waals surface area contributed by atoms with Crippen LogP contribution in [0.15, 0.2) is 237 Å². The van der Waals surface area contributed by atoms with Crippen LogP contribution >= 0.6 is 0 Å². The average Bonchev–Trinajstić information content (AvgIpc) is 3.67. The summed E-state index contributed by atoms with van der Waals surface area (Å²) in [6.45, 7) is 0. The van der Waals surface area contributed by atoms with E-state index in [2.05, 4.69) is 237 Å². The van der Waals surface area contributed by atoms with E-state index in [1.54, 1.807) is 0 Å². The Labute approximate surface area is 366 Å². The molecule has 0 bridgehead atoms. The minimum absolute atomic E-state index is 0.559. The predicted octanol–water partition coefficient (Wildman–Crippen LogP) is 14.9. The minimum Gasteiger partial charge on any atom is -0.208 e. The molecule has 0 atom stereocenters. The normalized spacial score (nSPS) is 12.6. The molecule has 1 aromatic heterocycles. The Hall–Kier alpha value is -8.27. The standard InChI is InChI=1S/C60H39N3/c1-5-17-40(18-6-1)44-33-36-52(54(37-44)41-19-7-2-8-20-41)59-62-57(45-32-31-43-30-29-42-21-13-14-26-49(42)53(43)38-45)61-58(63-59)46-34-35-51-50-27-15-16-28-55(50)60(56(51)39-46,47-22-9-3-10-23-47)48-24-11-4-12-25-48/h1-39H. The van der Waals surface area contributed by atoms with Gasteiger partial charge in [0.1, 0.15) is 0 Å². The lowest BCUT2D eigenvalue weighted by atomic mass is 9.67. The van der Waals surface area contributed by atoms with Gasteiger partial charge in [-0.25, -0.2) is 15.0 Å². The highest BCUT2D eigenvalue weighted by Crippen LogP contribution is 2.56. The highest BCUT2D eigenvalue weighted by atomic mass is 15.0. The van der Waals surface area contributed by atoms with E-state index in [0.29, 0.717) is 17.5 Å². The van der Waals surface area contributed by atoms with Gasteiger partial charge in [-0.3, -0.25) is 0 Å². The number of aromatic nitrogens is 3. The van der Waals surface area contributed by atoms with Gasteiger partial charge in [0.2, 0.25) is 0 Å². The highest BCUT2D eigenvalue weighted by molar-refractivity contribution is 6.08. The van der Waals surface area contributed by atoms with Gasteiger partial charge >= 0.3 is 0 Å². The molecule has 1 aliphatic rings. The average molecular weight is 802 g/mol. The van der Waals surface area contributed by atoms with Crippen molar-refractivity contribution in [2.24, 2.45) is 0 Å². The van der Waals surface area contributed by atoms with Crippen molar-refractivity contribution in [2.75, 3.05) is 0 Å². The Balaban J connectivity index is 1.12. The summed E-state index contributed by atoms with van der Waals surface area (Å²) in [5.74, 6) is 1.86. The SMILES string of the molecule is c1ccc(-c2ccc(-c3nc(-c4ccc5c(c4)C(c4ccccc4)(c4ccccc4)c4ccccc4-5)nc(-c4ccc5ccc6ccccc6c5c4)n3)c(-c3ccccc3)c2)cc1. The second-order valence-electron chi connectivity index (χ2n) is 16.3. The molecule has 10 aromatic carbocycles. The van der Waals surface area contributed by atoms with E-state index >= 15 is 0 Å². The molecular weight excluding hydrogens is 763 g/mol. The molecule has 0 radical (unpaired) electrons. The van der Waals surface area contributed by atoms with Crippen molar-refractivity contribution in [1.29, 1.82) is 0 Å². The third kappa shape index (κ3) is 6.08. The molecule has 0 saturated carbocycles. The number of rotatable bonds is 7. The van der Waals surface area contributed by atoms with Crippen molar-refractivity contribution < 1.29 is 0 Å². The summed E-state index contributed by atoms with van der Waals surface area (Å²) in [7, 11) is 0. The van der Waals surface area contributed by atoms with E-state index in [-0.39, 0.29) is 0 Å². The molecule has 0 aliphatic heterocycles. The molecule has 294 valence electrons. The number of benzene rings is 10. The fourth-order valence-corrected chi connectivity index (χ4v) is 9.89. The smallest absolute Gasteiger partial charge is 0.164 e. The Kier molecular flexibility index (Phi) is 8.72. The van der Waals surface area contributed by atoms with Gasteiger partial charge in [0, 0.05) is 16.7 Å². The summed E-state index contributed by atoms with van der Waals surface area (Å²) >= 11 is 0. The Morgan fingerprint density at radius 3 is 1.46 bits per heavy atom. The highest BCUT2D eigenvalue weighted by Gasteiger charge is 2.46. The molecule has 1 aliphatic carbocycles. The van der Waals surface area contributed by atoms with Crippen LogP contribution < -0.4 is 0 Å². The fourth-order valence-electron chi connectivity index (χ4n) is 9.89. The Morgan fingerprint density at radius 1 is 0.254 bits per heavy atom. The van der Waals surface area contributed by atoms with E-state index in [1.165, 1.54) is 49.5 Å². The molecule has 12 rings (SSSR count). The maximum Gasteiger partial charge on any atom is 0.164 e. The summed E-state index contributed by atoms with van der Waals surface area (Å²) < 4.78 is 0. The van der Waals surface area contributed by atoms with Crippen LogP contribution in [0, 0.1) is 0 Å². The van der Waals surface area contributed by atoms with Gasteiger partial charge in [-0.05, 0) is 101 Å². The minimum atomic E-state index is -0.559. The van der Waals surface area contributed by atoms with Gasteiger partial charge in [0.15, 0.2) is 17.5 Å². The predicted molar refractivity (Wildman–Crippen MR) is 259 cm³/mol. The van der Waals surface area contributed by atoms with E-state index in [0.717, 1.165) is 44.3 Å². The van der Waals surface area contributed by atoms with Crippen LogP contribution in [0.4, 0.5) is 0 Å². The fraction of sp³-hybridized carbons (Fsp3) is 0.0167. The zero-order chi connectivity index (χ0) is 41.7. The lowest BCUT2D eigenvalue weighted by Crippen LogP contribution is -2.28. The van der Waals surface area contributed by atoms with Gasteiger partial charge < -0.3 is 0 Å². The van der Waals surface area contributed by atoms with Crippen molar-refractivity contribution in [1.82, 2.24) is 15.0 Å². The summed E-state index contributed by atoms with van der Waals surface area (Å²) in [6, 6.07) is 84.7. The quantitative estimate of drug-likeness (QED) is 0.151. The topological polar surface area (TPSA) is 38.7 Å². The summed E-state index contributed by atoms with van der Waals surface area (Å²) in [6.07, 6.45) is 0. The molecule has 0 fully saturated rings. The van der Waals surface area contributed by atoms with Crippen molar-refractivity contribution in [3.8, 4) is 67.5 Å². The number of fused-ring (bicyclic) bond motifs is 6. The first-order valence-corrected chi connectivity index (χ1v) is 21.5. The van der Waals surface area contributed by atoms with E-state index in [1.807, 2.05) is 0 Å². The first-order valence-electron chi connectivity index (χ1n) is 21.5. The van der Waals surface area contributed by atoms with Gasteiger partial charge in [-0.1, -0.05) is 212 Å². The van der Waals surface area contributed by atoms with Crippen molar-refractivity contribution in [3.05, 3.63) is 259 Å². The summed E-state index contributed by atoms with van der Waals surface area (Å²) in [5, 5.41) is 4.73. The largest absolute Gasteiger partial charge is 0.208 e. The van der Waals surface area contributed by atoms with Crippen molar-refractivity contribution in [2.45, 2.75) is 5.41 Å². The maximum atomic E-state index is 5.45. The molecule has 0 unspecified atom stereocenters. The first kappa shape index (κ1) is 36.6. The third-order valence-corrected chi connectivity index (χ3v) is 12.8. The van der Waals surface area contributed by atoms with E-state index in [9.17, 15) is 0 Å². The van der Waals surface area contributed by atoms with E-state index in [4.69, 9.17) is 15.0 Å². The molecule has 1 heterocycles. The Morgan fingerprint density at radius 2 is 0.746 bits per heavy atom. The van der Waals surface area contributed by atoms with Crippen molar-refractivity contribution >= 4 is 21.5 Å². The lowest BCUT2D eigenvalue weighted by Gasteiger charge is -2.34. The second-order valence-corrected chi connectivity index (χ2v) is 16.3. The van der Waals surface area contributed by atoms with E-state index < -0.39 is 5.41 Å². The van der Waals surface area contributed by atoms with Gasteiger partial charge in [0.25, 0.3) is 0 Å². The van der Waals surface area contributed by atoms with Gasteiger partial charge in [0.05, 0.1) is 5.41 Å². The molecule has 0 amide bonds. The third-order valence-electron chi connectivity index (χ3n) is 12.8. The van der Waals surface area contributed by atoms with Crippen LogP contribution in [0.5, 0.6) is 0 Å². The molecule has 11 aromatic rings. The van der Waals surface area contributed by atoms with Crippen LogP contribution in [0.1, 0.15) is 22.3 Å². The first-order chi connectivity index (χ1) is 31.2. The summed E-state index contributed by atoms with van der Waals surface area (Å²) in [4.78, 5) is 16.2. The molecular formula is C60H39N3. The lowest BCUT2D eigenvalue weighted by molar-refractivity contribution is 0.768. The molecule has 0 spiro atoms. The number of hydrogen-bond acceptors (Lipinski definition) is 3. The molecule has 3 heteroatoms. The zero-order valence-corrected chi connectivity index (χ0v) is 34.4. The monoisotopic (exact) mass is 801 g/mol. The molecule has 0 saturated heterocycles. The zero-order valence-electron chi connectivity index (χ0n) is 34.4. The van der Waals surface area contributed by atoms with Gasteiger partial charge in [-0.2, -0.15) is 0 Å². The van der Waals surface area contributed by atoms with Crippen LogP contribution in [-0.4, -0.2) is 15.0 Å². The van der Waals surface area contributed by atoms with Crippen LogP contribution in [0.3, 0.4) is 0 Å². The van der Waals surface area contributed by atoms with Crippen LogP contribution in [0.25, 0.3) is 89.1 Å². The number of nitrogens with zero attached hydrogens (tertiary/aromatic N) is 3. The van der Waals surface area contributed by atoms with Gasteiger partial charge in [-0.15, -0.1) is 0 Å². The molecule has 63 heavy (non-hydrogen) atoms. The molecule has 0 N–H and O–H groups in total. The second kappa shape index (κ2) is 15.0. The van der Waals surface area contributed by atoms with Crippen molar-refractivity contribution in [3.63, 3.8) is 0 Å². The summed E-state index contributed by atoms with van der Waals surface area (Å²) in [5.41, 5.74) is 14.0. The molecule has 3 nitrogen and oxygen atoms in total.